The highest BCUT2D eigenvalue weighted by Gasteiger charge is 2.15. The number of hydrogen-bond acceptors (Lipinski definition) is 5. The molecule has 3 N–H and O–H groups in total. The summed E-state index contributed by atoms with van der Waals surface area (Å²) in [7, 11) is 0. The Balaban J connectivity index is 1.39. The summed E-state index contributed by atoms with van der Waals surface area (Å²) in [5.41, 5.74) is 4.43. The van der Waals surface area contributed by atoms with E-state index in [1.807, 2.05) is 61.5 Å². The maximum absolute atomic E-state index is 12.4. The van der Waals surface area contributed by atoms with Crippen molar-refractivity contribution in [2.45, 2.75) is 33.1 Å². The van der Waals surface area contributed by atoms with Crippen LogP contribution in [-0.2, 0) is 6.42 Å². The average molecular weight is 417 g/mol. The molecule has 0 bridgehead atoms. The first kappa shape index (κ1) is 20.7. The second kappa shape index (κ2) is 9.47. The molecule has 0 saturated carbocycles. The van der Waals surface area contributed by atoms with Gasteiger partial charge in [-0.15, -0.1) is 0 Å². The molecule has 7 heteroatoms. The van der Waals surface area contributed by atoms with Gasteiger partial charge in [-0.05, 0) is 62.1 Å². The molecule has 2 aromatic carbocycles. The summed E-state index contributed by atoms with van der Waals surface area (Å²) in [6.07, 6.45) is 3.27. The Bertz CT molecular complexity index is 1040. The lowest BCUT2D eigenvalue weighted by Crippen LogP contribution is -2.20. The van der Waals surface area contributed by atoms with Gasteiger partial charge in [-0.1, -0.05) is 25.1 Å². The monoisotopic (exact) mass is 416 g/mol. The van der Waals surface area contributed by atoms with Gasteiger partial charge in [0.15, 0.2) is 0 Å². The Kier molecular flexibility index (Phi) is 6.31. The Morgan fingerprint density at radius 3 is 2.42 bits per heavy atom. The van der Waals surface area contributed by atoms with Gasteiger partial charge in [0, 0.05) is 41.9 Å². The van der Waals surface area contributed by atoms with Crippen LogP contribution in [0.1, 0.15) is 31.0 Å². The minimum Gasteiger partial charge on any atom is -0.356 e. The number of benzene rings is 2. The first-order chi connectivity index (χ1) is 15.1. The smallest absolute Gasteiger partial charge is 0.323 e. The van der Waals surface area contributed by atoms with Crippen molar-refractivity contribution in [1.29, 1.82) is 0 Å². The van der Waals surface area contributed by atoms with E-state index < -0.39 is 0 Å². The van der Waals surface area contributed by atoms with Gasteiger partial charge in [-0.25, -0.2) is 9.78 Å². The number of aromatic nitrogens is 2. The van der Waals surface area contributed by atoms with E-state index in [4.69, 9.17) is 0 Å². The maximum atomic E-state index is 12.4. The molecular weight excluding hydrogens is 388 g/mol. The van der Waals surface area contributed by atoms with Crippen molar-refractivity contribution in [1.82, 2.24) is 9.97 Å². The lowest BCUT2D eigenvalue weighted by atomic mass is 10.1. The van der Waals surface area contributed by atoms with Crippen molar-refractivity contribution in [2.75, 3.05) is 33.9 Å². The number of rotatable bonds is 6. The number of nitrogens with zero attached hydrogens (tertiary/aromatic N) is 3. The van der Waals surface area contributed by atoms with Gasteiger partial charge in [0.25, 0.3) is 0 Å². The number of hydrogen-bond donors (Lipinski definition) is 3. The fourth-order valence-corrected chi connectivity index (χ4v) is 3.72. The third-order valence-electron chi connectivity index (χ3n) is 5.32. The molecule has 1 fully saturated rings. The standard InChI is InChI=1S/C24H28N6O/c1-3-18-8-4-5-9-21(18)28-24(31)27-20-12-10-19(11-13-20)26-23-25-17(2)16-22(29-23)30-14-6-7-15-30/h4-5,8-13,16H,3,6-7,14-15H2,1-2H3,(H,25,26,29)(H2,27,28,31). The lowest BCUT2D eigenvalue weighted by molar-refractivity contribution is 0.262. The zero-order valence-electron chi connectivity index (χ0n) is 18.0. The largest absolute Gasteiger partial charge is 0.356 e. The van der Waals surface area contributed by atoms with Gasteiger partial charge < -0.3 is 20.9 Å². The summed E-state index contributed by atoms with van der Waals surface area (Å²) in [5, 5.41) is 9.05. The third kappa shape index (κ3) is 5.31. The van der Waals surface area contributed by atoms with Gasteiger partial charge in [-0.3, -0.25) is 0 Å². The van der Waals surface area contributed by atoms with E-state index in [9.17, 15) is 4.79 Å². The second-order valence-corrected chi connectivity index (χ2v) is 7.68. The topological polar surface area (TPSA) is 82.2 Å². The van der Waals surface area contributed by atoms with Gasteiger partial charge >= 0.3 is 6.03 Å². The zero-order valence-corrected chi connectivity index (χ0v) is 18.0. The van der Waals surface area contributed by atoms with Crippen LogP contribution in [0.2, 0.25) is 0 Å². The maximum Gasteiger partial charge on any atom is 0.323 e. The molecule has 1 aliphatic rings. The third-order valence-corrected chi connectivity index (χ3v) is 5.32. The van der Waals surface area contributed by atoms with Gasteiger partial charge in [-0.2, -0.15) is 4.98 Å². The summed E-state index contributed by atoms with van der Waals surface area (Å²) in [6.45, 7) is 6.13. The summed E-state index contributed by atoms with van der Waals surface area (Å²) in [6, 6.07) is 17.1. The van der Waals surface area contributed by atoms with E-state index in [1.165, 1.54) is 12.8 Å². The van der Waals surface area contributed by atoms with Crippen molar-refractivity contribution >= 4 is 34.9 Å². The zero-order chi connectivity index (χ0) is 21.6. The highest BCUT2D eigenvalue weighted by molar-refractivity contribution is 6.00. The van der Waals surface area contributed by atoms with Crippen molar-refractivity contribution < 1.29 is 4.79 Å². The second-order valence-electron chi connectivity index (χ2n) is 7.68. The molecule has 0 radical (unpaired) electrons. The number of carbonyl (C=O) groups excluding carboxylic acids is 1. The highest BCUT2D eigenvalue weighted by atomic mass is 16.2. The number of carbonyl (C=O) groups is 1. The fourth-order valence-electron chi connectivity index (χ4n) is 3.72. The van der Waals surface area contributed by atoms with Gasteiger partial charge in [0.1, 0.15) is 5.82 Å². The van der Waals surface area contributed by atoms with Crippen molar-refractivity contribution in [3.63, 3.8) is 0 Å². The summed E-state index contributed by atoms with van der Waals surface area (Å²) >= 11 is 0. The average Bonchev–Trinajstić information content (AvgIpc) is 3.30. The van der Waals surface area contributed by atoms with Crippen LogP contribution in [-0.4, -0.2) is 29.1 Å². The van der Waals surface area contributed by atoms with Crippen LogP contribution in [0, 0.1) is 6.92 Å². The van der Waals surface area contributed by atoms with Crippen LogP contribution >= 0.6 is 0 Å². The van der Waals surface area contributed by atoms with E-state index in [0.29, 0.717) is 11.6 Å². The van der Waals surface area contributed by atoms with Crippen LogP contribution in [0.4, 0.5) is 33.6 Å². The van der Waals surface area contributed by atoms with Crippen molar-refractivity contribution in [2.24, 2.45) is 0 Å². The Morgan fingerprint density at radius 1 is 0.968 bits per heavy atom. The minimum absolute atomic E-state index is 0.265. The van der Waals surface area contributed by atoms with Crippen LogP contribution in [0.3, 0.4) is 0 Å². The molecule has 4 rings (SSSR count). The summed E-state index contributed by atoms with van der Waals surface area (Å²) < 4.78 is 0. The van der Waals surface area contributed by atoms with E-state index in [-0.39, 0.29) is 6.03 Å². The molecule has 3 aromatic rings. The Hall–Kier alpha value is -3.61. The normalized spacial score (nSPS) is 13.2. The van der Waals surface area contributed by atoms with E-state index in [1.54, 1.807) is 0 Å². The van der Waals surface area contributed by atoms with Crippen LogP contribution in [0.15, 0.2) is 54.6 Å². The molecule has 1 aliphatic heterocycles. The molecule has 1 aromatic heterocycles. The molecule has 1 saturated heterocycles. The molecule has 160 valence electrons. The predicted molar refractivity (Wildman–Crippen MR) is 126 cm³/mol. The molecule has 0 aliphatic carbocycles. The van der Waals surface area contributed by atoms with E-state index in [2.05, 4.69) is 37.7 Å². The molecule has 31 heavy (non-hydrogen) atoms. The van der Waals surface area contributed by atoms with Crippen LogP contribution < -0.4 is 20.9 Å². The number of anilines is 5. The quantitative estimate of drug-likeness (QED) is 0.506. The molecular formula is C24H28N6O. The van der Waals surface area contributed by atoms with Gasteiger partial charge in [0.2, 0.25) is 5.95 Å². The molecule has 0 spiro atoms. The number of para-hydroxylation sites is 1. The summed E-state index contributed by atoms with van der Waals surface area (Å²) in [4.78, 5) is 23.8. The molecule has 0 atom stereocenters. The van der Waals surface area contributed by atoms with E-state index >= 15 is 0 Å². The summed E-state index contributed by atoms with van der Waals surface area (Å²) in [5.74, 6) is 1.55. The SMILES string of the molecule is CCc1ccccc1NC(=O)Nc1ccc(Nc2nc(C)cc(N3CCCC3)n2)cc1. The van der Waals surface area contributed by atoms with Crippen LogP contribution in [0.25, 0.3) is 0 Å². The molecule has 2 amide bonds. The molecule has 2 heterocycles. The Labute approximate surface area is 182 Å². The van der Waals surface area contributed by atoms with Crippen molar-refractivity contribution in [3.05, 3.63) is 65.9 Å². The number of aryl methyl sites for hydroxylation is 2. The lowest BCUT2D eigenvalue weighted by Gasteiger charge is -2.17. The predicted octanol–water partition coefficient (Wildman–Crippen LogP) is 5.34. The fraction of sp³-hybridized carbons (Fsp3) is 0.292. The van der Waals surface area contributed by atoms with Crippen LogP contribution in [0.5, 0.6) is 0 Å². The minimum atomic E-state index is -0.265. The highest BCUT2D eigenvalue weighted by Crippen LogP contribution is 2.23. The number of amides is 2. The number of urea groups is 1. The Morgan fingerprint density at radius 2 is 1.68 bits per heavy atom. The van der Waals surface area contributed by atoms with E-state index in [0.717, 1.165) is 48.0 Å². The first-order valence-electron chi connectivity index (χ1n) is 10.7. The van der Waals surface area contributed by atoms with Crippen molar-refractivity contribution in [3.8, 4) is 0 Å². The van der Waals surface area contributed by atoms with Gasteiger partial charge in [0.05, 0.1) is 0 Å². The molecule has 0 unspecified atom stereocenters. The molecule has 7 nitrogen and oxygen atoms in total. The first-order valence-corrected chi connectivity index (χ1v) is 10.7. The number of nitrogens with one attached hydrogen (secondary N) is 3.